The van der Waals surface area contributed by atoms with E-state index in [-0.39, 0.29) is 47.7 Å². The summed E-state index contributed by atoms with van der Waals surface area (Å²) >= 11 is 0. The van der Waals surface area contributed by atoms with Gasteiger partial charge in [-0.25, -0.2) is 15.0 Å². The van der Waals surface area contributed by atoms with Crippen LogP contribution in [0.1, 0.15) is 9.60 Å². The number of hydrogen-bond donors (Lipinski definition) is 0. The summed E-state index contributed by atoms with van der Waals surface area (Å²) in [6.07, 6.45) is 0. The summed E-state index contributed by atoms with van der Waals surface area (Å²) in [6.45, 7) is 0. The molecule has 0 aliphatic heterocycles. The molecule has 0 aliphatic carbocycles. The molecule has 0 atom stereocenters. The number of nitrogens with zero attached hydrogens (tertiary/aromatic N) is 3. The van der Waals surface area contributed by atoms with Gasteiger partial charge in [0, 0.05) is 27.5 Å². The largest absolute Gasteiger partial charge is 0.456 e. The van der Waals surface area contributed by atoms with Gasteiger partial charge in [0.1, 0.15) is 11.2 Å². The normalized spacial score (nSPS) is 13.7. The van der Waals surface area contributed by atoms with Crippen molar-refractivity contribution in [3.05, 3.63) is 164 Å². The molecule has 2 aromatic heterocycles. The van der Waals surface area contributed by atoms with Crippen LogP contribution in [-0.2, 0) is 0 Å². The Hall–Kier alpha value is -6.65. The van der Waals surface area contributed by atoms with Crippen LogP contribution in [0, 0.1) is 0 Å². The van der Waals surface area contributed by atoms with Crippen molar-refractivity contribution in [1.82, 2.24) is 15.0 Å². The molecule has 0 saturated heterocycles. The quantitative estimate of drug-likeness (QED) is 0.181. The number of aromatic nitrogens is 3. The molecule has 0 saturated carbocycles. The zero-order chi connectivity index (χ0) is 38.4. The van der Waals surface area contributed by atoms with Crippen LogP contribution in [0.3, 0.4) is 0 Å². The number of fused-ring (bicyclic) bond motifs is 9. The van der Waals surface area contributed by atoms with E-state index >= 15 is 0 Å². The molecular weight excluding hydrogens is 599 g/mol. The topological polar surface area (TPSA) is 51.8 Å². The average molecular weight is 633 g/mol. The van der Waals surface area contributed by atoms with E-state index in [2.05, 4.69) is 0 Å². The van der Waals surface area contributed by atoms with Gasteiger partial charge in [-0.05, 0) is 79.8 Å². The van der Waals surface area contributed by atoms with E-state index in [4.69, 9.17) is 26.2 Å². The van der Waals surface area contributed by atoms with Gasteiger partial charge in [-0.2, -0.15) is 0 Å². The molecule has 0 aliphatic rings. The second kappa shape index (κ2) is 11.0. The number of furan rings is 1. The zero-order valence-corrected chi connectivity index (χ0v) is 25.8. The van der Waals surface area contributed by atoms with Crippen LogP contribution in [0.15, 0.2) is 168 Å². The summed E-state index contributed by atoms with van der Waals surface area (Å²) in [6, 6.07) is 36.5. The minimum atomic E-state index is -0.143. The van der Waals surface area contributed by atoms with E-state index in [0.717, 1.165) is 27.5 Å². The first-order valence-corrected chi connectivity index (χ1v) is 15.9. The van der Waals surface area contributed by atoms with E-state index in [1.165, 1.54) is 18.2 Å². The molecule has 0 spiro atoms. The molecular formula is C45H27N3O. The van der Waals surface area contributed by atoms with Crippen LogP contribution in [0.4, 0.5) is 0 Å². The van der Waals surface area contributed by atoms with Crippen molar-refractivity contribution in [2.45, 2.75) is 0 Å². The number of hydrogen-bond acceptors (Lipinski definition) is 4. The minimum Gasteiger partial charge on any atom is -0.456 e. The fourth-order valence-electron chi connectivity index (χ4n) is 6.58. The standard InChI is InChI=1S/C45H27N3O/c1-3-11-28(12-4-1)43-46-44(29-13-5-2-6-14-29)48-45(47-43)32-21-24-41-40(26-32)38-23-20-31(27-42(38)49-41)30-19-22-37-35-17-8-7-15-33(35)34-16-9-10-18-36(34)39(37)25-30/h1-27H/i7D,8D,9D,16D,18D,19D,25D. The molecule has 0 radical (unpaired) electrons. The third kappa shape index (κ3) is 4.57. The maximum Gasteiger partial charge on any atom is 0.164 e. The van der Waals surface area contributed by atoms with Gasteiger partial charge in [0.25, 0.3) is 0 Å². The maximum absolute atomic E-state index is 9.54. The van der Waals surface area contributed by atoms with Gasteiger partial charge in [0.05, 0.1) is 9.60 Å². The van der Waals surface area contributed by atoms with Crippen LogP contribution < -0.4 is 0 Å². The fourth-order valence-corrected chi connectivity index (χ4v) is 6.58. The van der Waals surface area contributed by atoms with Crippen LogP contribution in [0.2, 0.25) is 0 Å². The molecule has 2 heterocycles. The number of rotatable bonds is 4. The highest BCUT2D eigenvalue weighted by molar-refractivity contribution is 6.25. The Morgan fingerprint density at radius 3 is 1.73 bits per heavy atom. The SMILES string of the molecule is [2H]c1cc2c(cc1[2H])c1c([2H])c([2H])cc([2H])c1c1c([2H])c(-c3ccc4c(c3)oc3ccc(-c5nc(-c6ccccc6)nc(-c6ccccc6)n5)cc34)c([2H])cc21. The summed E-state index contributed by atoms with van der Waals surface area (Å²) in [7, 11) is 0. The number of benzene rings is 8. The Bertz CT molecular complexity index is 3220. The van der Waals surface area contributed by atoms with E-state index in [1.807, 2.05) is 97.1 Å². The molecule has 4 nitrogen and oxygen atoms in total. The zero-order valence-electron chi connectivity index (χ0n) is 32.8. The Kier molecular flexibility index (Phi) is 4.76. The molecule has 0 unspecified atom stereocenters. The second-order valence-corrected chi connectivity index (χ2v) is 11.9. The van der Waals surface area contributed by atoms with Crippen LogP contribution in [0.25, 0.3) is 99.5 Å². The van der Waals surface area contributed by atoms with E-state index < -0.39 is 0 Å². The minimum absolute atomic E-state index is 0.0115. The molecule has 0 N–H and O–H groups in total. The van der Waals surface area contributed by atoms with Crippen molar-refractivity contribution < 1.29 is 14.0 Å². The van der Waals surface area contributed by atoms with E-state index in [1.54, 1.807) is 6.07 Å². The lowest BCUT2D eigenvalue weighted by Crippen LogP contribution is -2.00. The first kappa shape index (κ1) is 21.3. The molecule has 8 aromatic carbocycles. The lowest BCUT2D eigenvalue weighted by Gasteiger charge is -2.12. The van der Waals surface area contributed by atoms with Gasteiger partial charge in [0.15, 0.2) is 17.5 Å². The highest BCUT2D eigenvalue weighted by Crippen LogP contribution is 2.39. The predicted molar refractivity (Wildman–Crippen MR) is 201 cm³/mol. The van der Waals surface area contributed by atoms with Gasteiger partial charge >= 0.3 is 0 Å². The lowest BCUT2D eigenvalue weighted by molar-refractivity contribution is 0.669. The van der Waals surface area contributed by atoms with Crippen LogP contribution in [0.5, 0.6) is 0 Å². The average Bonchev–Trinajstić information content (AvgIpc) is 3.58. The first-order chi connectivity index (χ1) is 27.1. The second-order valence-electron chi connectivity index (χ2n) is 11.9. The molecule has 10 rings (SSSR count). The predicted octanol–water partition coefficient (Wildman–Crippen LogP) is 11.9. The molecule has 10 aromatic rings. The monoisotopic (exact) mass is 632 g/mol. The summed E-state index contributed by atoms with van der Waals surface area (Å²) in [5, 5.41) is 4.02. The third-order valence-corrected chi connectivity index (χ3v) is 8.95. The van der Waals surface area contributed by atoms with Gasteiger partial charge in [-0.1, -0.05) is 127 Å². The maximum atomic E-state index is 9.54. The van der Waals surface area contributed by atoms with Gasteiger partial charge < -0.3 is 4.42 Å². The lowest BCUT2D eigenvalue weighted by atomic mass is 9.92. The summed E-state index contributed by atoms with van der Waals surface area (Å²) < 4.78 is 67.8. The van der Waals surface area contributed by atoms with Crippen molar-refractivity contribution in [1.29, 1.82) is 0 Å². The summed E-state index contributed by atoms with van der Waals surface area (Å²) in [5.74, 6) is 1.63. The van der Waals surface area contributed by atoms with Crippen molar-refractivity contribution in [2.75, 3.05) is 0 Å². The van der Waals surface area contributed by atoms with Crippen molar-refractivity contribution in [3.63, 3.8) is 0 Å². The van der Waals surface area contributed by atoms with Crippen LogP contribution in [-0.4, -0.2) is 15.0 Å². The fraction of sp³-hybridized carbons (Fsp3) is 0. The van der Waals surface area contributed by atoms with Gasteiger partial charge in [0.2, 0.25) is 0 Å². The van der Waals surface area contributed by atoms with Gasteiger partial charge in [-0.15, -0.1) is 0 Å². The smallest absolute Gasteiger partial charge is 0.164 e. The van der Waals surface area contributed by atoms with E-state index in [9.17, 15) is 2.74 Å². The molecule has 4 heteroatoms. The Balaban J connectivity index is 1.15. The Morgan fingerprint density at radius 2 is 1.00 bits per heavy atom. The molecule has 0 bridgehead atoms. The highest BCUT2D eigenvalue weighted by atomic mass is 16.3. The van der Waals surface area contributed by atoms with Crippen LogP contribution >= 0.6 is 0 Å². The summed E-state index contributed by atoms with van der Waals surface area (Å²) in [4.78, 5) is 14.6. The summed E-state index contributed by atoms with van der Waals surface area (Å²) in [5.41, 5.74) is 4.60. The third-order valence-electron chi connectivity index (χ3n) is 8.95. The molecule has 228 valence electrons. The van der Waals surface area contributed by atoms with Crippen molar-refractivity contribution in [3.8, 4) is 45.3 Å². The Morgan fingerprint density at radius 1 is 0.367 bits per heavy atom. The molecule has 0 fully saturated rings. The van der Waals surface area contributed by atoms with Crippen molar-refractivity contribution >= 4 is 54.3 Å². The van der Waals surface area contributed by atoms with E-state index in [0.29, 0.717) is 66.7 Å². The van der Waals surface area contributed by atoms with Gasteiger partial charge in [-0.3, -0.25) is 0 Å². The van der Waals surface area contributed by atoms with Crippen molar-refractivity contribution in [2.24, 2.45) is 0 Å². The first-order valence-electron chi connectivity index (χ1n) is 19.4. The molecule has 49 heavy (non-hydrogen) atoms. The highest BCUT2D eigenvalue weighted by Gasteiger charge is 2.16. The molecule has 0 amide bonds. The Labute approximate surface area is 291 Å².